The summed E-state index contributed by atoms with van der Waals surface area (Å²) in [4.78, 5) is 0. The molecule has 0 aliphatic heterocycles. The molecule has 0 saturated heterocycles. The molecule has 0 saturated carbocycles. The Hall–Kier alpha value is -0.0900. The molecule has 0 heterocycles. The van der Waals surface area contributed by atoms with E-state index in [-0.39, 0.29) is 17.3 Å². The van der Waals surface area contributed by atoms with Crippen LogP contribution in [0.2, 0.25) is 0 Å². The van der Waals surface area contributed by atoms with Gasteiger partial charge in [-0.05, 0) is 24.7 Å². The lowest BCUT2D eigenvalue weighted by Gasteiger charge is -2.22. The van der Waals surface area contributed by atoms with E-state index >= 15 is 0 Å². The molecule has 0 radical (unpaired) electrons. The summed E-state index contributed by atoms with van der Waals surface area (Å²) in [5.74, 6) is 0.175. The number of hydrogen-bond acceptors (Lipinski definition) is 3. The van der Waals surface area contributed by atoms with Gasteiger partial charge in [-0.2, -0.15) is 0 Å². The fourth-order valence-electron chi connectivity index (χ4n) is 1.39. The lowest BCUT2D eigenvalue weighted by Crippen LogP contribution is -2.18. The Morgan fingerprint density at radius 3 is 2.14 bits per heavy atom. The first-order valence-corrected chi connectivity index (χ1v) is 7.02. The van der Waals surface area contributed by atoms with Crippen LogP contribution in [0.5, 0.6) is 0 Å². The molecule has 0 amide bonds. The molecular weight excluding hydrogens is 200 g/mol. The van der Waals surface area contributed by atoms with Crippen LogP contribution in [0.1, 0.15) is 40.0 Å². The zero-order valence-electron chi connectivity index (χ0n) is 9.58. The molecule has 86 valence electrons. The van der Waals surface area contributed by atoms with E-state index < -0.39 is 9.84 Å². The largest absolute Gasteiger partial charge is 0.393 e. The normalized spacial score (nSPS) is 15.5. The Balaban J connectivity index is 3.71. The van der Waals surface area contributed by atoms with Gasteiger partial charge in [-0.1, -0.05) is 20.8 Å². The van der Waals surface area contributed by atoms with Crippen LogP contribution in [0, 0.1) is 5.41 Å². The summed E-state index contributed by atoms with van der Waals surface area (Å²) >= 11 is 0. The number of aliphatic hydroxyl groups is 1. The Morgan fingerprint density at radius 1 is 1.29 bits per heavy atom. The average molecular weight is 222 g/mol. The minimum absolute atomic E-state index is 0.102. The molecule has 14 heavy (non-hydrogen) atoms. The van der Waals surface area contributed by atoms with E-state index in [9.17, 15) is 13.5 Å². The zero-order chi connectivity index (χ0) is 11.4. The number of rotatable bonds is 5. The monoisotopic (exact) mass is 222 g/mol. The smallest absolute Gasteiger partial charge is 0.147 e. The molecule has 1 N–H and O–H groups in total. The van der Waals surface area contributed by atoms with Crippen LogP contribution in [0.25, 0.3) is 0 Å². The lowest BCUT2D eigenvalue weighted by atomic mass is 9.88. The van der Waals surface area contributed by atoms with Crippen molar-refractivity contribution in [2.24, 2.45) is 5.41 Å². The summed E-state index contributed by atoms with van der Waals surface area (Å²) in [6.07, 6.45) is 2.69. The highest BCUT2D eigenvalue weighted by molar-refractivity contribution is 7.90. The molecule has 0 bridgehead atoms. The minimum Gasteiger partial charge on any atom is -0.393 e. The van der Waals surface area contributed by atoms with Crippen molar-refractivity contribution in [3.8, 4) is 0 Å². The molecule has 0 spiro atoms. The molecule has 0 aromatic rings. The number of hydrogen-bond donors (Lipinski definition) is 1. The number of aliphatic hydroxyl groups excluding tert-OH is 1. The highest BCUT2D eigenvalue weighted by atomic mass is 32.2. The molecule has 0 fully saturated rings. The summed E-state index contributed by atoms with van der Waals surface area (Å²) in [6.45, 7) is 6.19. The Labute approximate surface area is 87.4 Å². The zero-order valence-corrected chi connectivity index (χ0v) is 10.4. The van der Waals surface area contributed by atoms with Crippen LogP contribution in [0.3, 0.4) is 0 Å². The minimum atomic E-state index is -2.87. The van der Waals surface area contributed by atoms with Gasteiger partial charge in [-0.25, -0.2) is 8.42 Å². The summed E-state index contributed by atoms with van der Waals surface area (Å²) in [6, 6.07) is 0. The summed E-state index contributed by atoms with van der Waals surface area (Å²) in [5.41, 5.74) is 0.102. The average Bonchev–Trinajstić information content (AvgIpc) is 1.78. The van der Waals surface area contributed by atoms with E-state index in [0.717, 1.165) is 6.42 Å². The van der Waals surface area contributed by atoms with Gasteiger partial charge in [-0.3, -0.25) is 0 Å². The first kappa shape index (κ1) is 13.9. The third-order valence-corrected chi connectivity index (χ3v) is 2.93. The SMILES string of the molecule is CC(C)(C)CC(O)CCCS(C)(=O)=O. The Bertz CT molecular complexity index is 249. The second-order valence-electron chi connectivity index (χ2n) is 5.19. The van der Waals surface area contributed by atoms with Crippen LogP contribution in [-0.4, -0.2) is 31.6 Å². The first-order chi connectivity index (χ1) is 6.10. The third kappa shape index (κ3) is 9.99. The van der Waals surface area contributed by atoms with E-state index in [1.165, 1.54) is 6.26 Å². The van der Waals surface area contributed by atoms with Crippen LogP contribution in [-0.2, 0) is 9.84 Å². The second-order valence-corrected chi connectivity index (χ2v) is 7.45. The summed E-state index contributed by atoms with van der Waals surface area (Å²) in [7, 11) is -2.87. The van der Waals surface area contributed by atoms with Gasteiger partial charge in [0.15, 0.2) is 0 Å². The van der Waals surface area contributed by atoms with Crippen LogP contribution in [0.4, 0.5) is 0 Å². The maximum Gasteiger partial charge on any atom is 0.147 e. The highest BCUT2D eigenvalue weighted by Gasteiger charge is 2.16. The van der Waals surface area contributed by atoms with Gasteiger partial charge in [0, 0.05) is 12.0 Å². The van der Waals surface area contributed by atoms with Gasteiger partial charge >= 0.3 is 0 Å². The van der Waals surface area contributed by atoms with Crippen molar-refractivity contribution >= 4 is 9.84 Å². The first-order valence-electron chi connectivity index (χ1n) is 4.96. The van der Waals surface area contributed by atoms with Crippen molar-refractivity contribution in [2.75, 3.05) is 12.0 Å². The van der Waals surface area contributed by atoms with Crippen molar-refractivity contribution in [1.82, 2.24) is 0 Å². The lowest BCUT2D eigenvalue weighted by molar-refractivity contribution is 0.112. The van der Waals surface area contributed by atoms with Crippen molar-refractivity contribution in [2.45, 2.75) is 46.1 Å². The van der Waals surface area contributed by atoms with Gasteiger partial charge in [-0.15, -0.1) is 0 Å². The third-order valence-electron chi connectivity index (χ3n) is 1.90. The molecule has 1 atom stereocenters. The molecule has 1 unspecified atom stereocenters. The van der Waals surface area contributed by atoms with Crippen LogP contribution in [0.15, 0.2) is 0 Å². The van der Waals surface area contributed by atoms with E-state index in [0.29, 0.717) is 12.8 Å². The molecule has 0 aliphatic rings. The van der Waals surface area contributed by atoms with Gasteiger partial charge < -0.3 is 5.11 Å². The van der Waals surface area contributed by atoms with Crippen LogP contribution < -0.4 is 0 Å². The molecule has 0 aromatic heterocycles. The highest BCUT2D eigenvalue weighted by Crippen LogP contribution is 2.22. The van der Waals surface area contributed by atoms with Crippen molar-refractivity contribution in [3.05, 3.63) is 0 Å². The fraction of sp³-hybridized carbons (Fsp3) is 1.00. The van der Waals surface area contributed by atoms with Gasteiger partial charge in [0.25, 0.3) is 0 Å². The summed E-state index contributed by atoms with van der Waals surface area (Å²) < 4.78 is 21.6. The predicted octanol–water partition coefficient (Wildman–Crippen LogP) is 1.61. The topological polar surface area (TPSA) is 54.4 Å². The van der Waals surface area contributed by atoms with Crippen LogP contribution >= 0.6 is 0 Å². The van der Waals surface area contributed by atoms with E-state index in [4.69, 9.17) is 0 Å². The standard InChI is InChI=1S/C10H22O3S/c1-10(2,3)8-9(11)6-5-7-14(4,12)13/h9,11H,5-8H2,1-4H3. The Morgan fingerprint density at radius 2 is 1.79 bits per heavy atom. The molecule has 0 aliphatic carbocycles. The predicted molar refractivity (Wildman–Crippen MR) is 59.0 cm³/mol. The Kier molecular flexibility index (Phi) is 5.09. The molecule has 0 aromatic carbocycles. The second kappa shape index (κ2) is 5.12. The molecule has 0 rings (SSSR count). The van der Waals surface area contributed by atoms with E-state index in [1.54, 1.807) is 0 Å². The molecule has 4 heteroatoms. The maximum absolute atomic E-state index is 10.8. The van der Waals surface area contributed by atoms with E-state index in [1.807, 2.05) is 0 Å². The maximum atomic E-state index is 10.8. The number of sulfone groups is 1. The van der Waals surface area contributed by atoms with Crippen molar-refractivity contribution in [3.63, 3.8) is 0 Å². The molecule has 3 nitrogen and oxygen atoms in total. The van der Waals surface area contributed by atoms with E-state index in [2.05, 4.69) is 20.8 Å². The van der Waals surface area contributed by atoms with Gasteiger partial charge in [0.2, 0.25) is 0 Å². The van der Waals surface area contributed by atoms with Crippen molar-refractivity contribution in [1.29, 1.82) is 0 Å². The van der Waals surface area contributed by atoms with Gasteiger partial charge in [0.1, 0.15) is 9.84 Å². The summed E-state index contributed by atoms with van der Waals surface area (Å²) in [5, 5.41) is 9.59. The fourth-order valence-corrected chi connectivity index (χ4v) is 2.08. The quantitative estimate of drug-likeness (QED) is 0.769. The van der Waals surface area contributed by atoms with Gasteiger partial charge in [0.05, 0.1) is 6.10 Å². The molecular formula is C10H22O3S. The van der Waals surface area contributed by atoms with Crippen molar-refractivity contribution < 1.29 is 13.5 Å².